The van der Waals surface area contributed by atoms with Crippen LogP contribution in [0.1, 0.15) is 20.8 Å². The Morgan fingerprint density at radius 1 is 1.55 bits per heavy atom. The van der Waals surface area contributed by atoms with Crippen molar-refractivity contribution >= 4 is 13.9 Å². The van der Waals surface area contributed by atoms with Crippen LogP contribution >= 0.6 is 0 Å². The maximum atomic E-state index is 10.9. The highest BCUT2D eigenvalue weighted by Gasteiger charge is 2.14. The zero-order valence-corrected chi connectivity index (χ0v) is 7.73. The molecule has 0 rings (SSSR count). The van der Waals surface area contributed by atoms with E-state index in [1.165, 1.54) is 0 Å². The van der Waals surface area contributed by atoms with Crippen LogP contribution in [0.25, 0.3) is 0 Å². The average molecular weight is 157 g/mol. The number of carbonyl (C=O) groups excluding carboxylic acids is 1. The van der Waals surface area contributed by atoms with Crippen LogP contribution in [0.15, 0.2) is 0 Å². The molecule has 0 aromatic heterocycles. The third-order valence-electron chi connectivity index (χ3n) is 0.918. The van der Waals surface area contributed by atoms with E-state index >= 15 is 0 Å². The summed E-state index contributed by atoms with van der Waals surface area (Å²) < 4.78 is 4.99. The summed E-state index contributed by atoms with van der Waals surface area (Å²) in [4.78, 5) is 10.9. The zero-order chi connectivity index (χ0) is 8.91. The van der Waals surface area contributed by atoms with E-state index in [-0.39, 0.29) is 6.09 Å². The molecule has 3 nitrogen and oxygen atoms in total. The molecule has 0 saturated heterocycles. The van der Waals surface area contributed by atoms with Crippen molar-refractivity contribution < 1.29 is 9.53 Å². The average Bonchev–Trinajstić information content (AvgIpc) is 1.79. The molecule has 0 aromatic rings. The van der Waals surface area contributed by atoms with Crippen molar-refractivity contribution in [1.82, 2.24) is 5.32 Å². The van der Waals surface area contributed by atoms with Crippen LogP contribution in [0, 0.1) is 0 Å². The van der Waals surface area contributed by atoms with Gasteiger partial charge in [0.2, 0.25) is 0 Å². The van der Waals surface area contributed by atoms with Crippen LogP contribution < -0.4 is 5.32 Å². The van der Waals surface area contributed by atoms with Gasteiger partial charge in [0.15, 0.2) is 0 Å². The highest BCUT2D eigenvalue weighted by atomic mass is 16.6. The molecular formula is C7H16BNO2. The molecule has 1 amide bonds. The van der Waals surface area contributed by atoms with Gasteiger partial charge in [0.1, 0.15) is 13.4 Å². The third kappa shape index (κ3) is 7.23. The van der Waals surface area contributed by atoms with Crippen LogP contribution in [0.5, 0.6) is 0 Å². The number of alkyl carbamates (subject to hydrolysis) is 1. The van der Waals surface area contributed by atoms with Gasteiger partial charge < -0.3 is 10.1 Å². The number of hydrogen-bond donors (Lipinski definition) is 1. The van der Waals surface area contributed by atoms with Gasteiger partial charge in [0.25, 0.3) is 0 Å². The Hall–Kier alpha value is -0.665. The molecule has 0 aromatic carbocycles. The molecule has 64 valence electrons. The van der Waals surface area contributed by atoms with Crippen LogP contribution in [0.3, 0.4) is 0 Å². The summed E-state index contributed by atoms with van der Waals surface area (Å²) >= 11 is 0. The quantitative estimate of drug-likeness (QED) is 0.594. The van der Waals surface area contributed by atoms with Gasteiger partial charge in [-0.1, -0.05) is 6.32 Å². The summed E-state index contributed by atoms with van der Waals surface area (Å²) in [5, 5.41) is 2.63. The molecule has 0 fully saturated rings. The zero-order valence-electron chi connectivity index (χ0n) is 7.73. The predicted octanol–water partition coefficient (Wildman–Crippen LogP) is 0.562. The fraction of sp³-hybridized carbons (Fsp3) is 0.857. The lowest BCUT2D eigenvalue weighted by Crippen LogP contribution is -2.32. The second-order valence-corrected chi connectivity index (χ2v) is 3.43. The minimum absolute atomic E-state index is 0.334. The summed E-state index contributed by atoms with van der Waals surface area (Å²) in [6.07, 6.45) is 0.596. The summed E-state index contributed by atoms with van der Waals surface area (Å²) in [6, 6.07) is 0. The Balaban J connectivity index is 3.53. The molecule has 0 unspecified atom stereocenters. The maximum Gasteiger partial charge on any atom is 0.407 e. The van der Waals surface area contributed by atoms with Gasteiger partial charge in [-0.15, -0.1) is 0 Å². The monoisotopic (exact) mass is 157 g/mol. The fourth-order valence-electron chi connectivity index (χ4n) is 0.541. The molecule has 0 atom stereocenters. The van der Waals surface area contributed by atoms with Crippen molar-refractivity contribution in [2.75, 3.05) is 6.54 Å². The van der Waals surface area contributed by atoms with Crippen molar-refractivity contribution in [3.63, 3.8) is 0 Å². The molecule has 0 bridgehead atoms. The highest BCUT2D eigenvalue weighted by molar-refractivity contribution is 6.08. The van der Waals surface area contributed by atoms with E-state index in [1.807, 2.05) is 28.6 Å². The number of nitrogens with one attached hydrogen (secondary N) is 1. The first-order valence-corrected chi connectivity index (χ1v) is 3.92. The SMILES string of the molecule is BCCNC(=O)OC(C)(C)C. The normalized spacial score (nSPS) is 10.8. The minimum Gasteiger partial charge on any atom is -0.444 e. The third-order valence-corrected chi connectivity index (χ3v) is 0.918. The first kappa shape index (κ1) is 10.3. The molecule has 1 N–H and O–H groups in total. The van der Waals surface area contributed by atoms with E-state index in [4.69, 9.17) is 4.74 Å². The van der Waals surface area contributed by atoms with Crippen LogP contribution in [0.4, 0.5) is 4.79 Å². The van der Waals surface area contributed by atoms with E-state index < -0.39 is 5.60 Å². The second-order valence-electron chi connectivity index (χ2n) is 3.43. The minimum atomic E-state index is -0.391. The van der Waals surface area contributed by atoms with Gasteiger partial charge in [-0.2, -0.15) is 0 Å². The summed E-state index contributed by atoms with van der Waals surface area (Å²) in [6.45, 7) is 6.21. The lowest BCUT2D eigenvalue weighted by Gasteiger charge is -2.19. The highest BCUT2D eigenvalue weighted by Crippen LogP contribution is 2.05. The van der Waals surface area contributed by atoms with Crippen molar-refractivity contribution in [1.29, 1.82) is 0 Å². The largest absolute Gasteiger partial charge is 0.444 e. The van der Waals surface area contributed by atoms with Crippen molar-refractivity contribution in [3.8, 4) is 0 Å². The summed E-state index contributed by atoms with van der Waals surface area (Å²) in [5.41, 5.74) is -0.391. The molecule has 0 aliphatic heterocycles. The smallest absolute Gasteiger partial charge is 0.407 e. The first-order chi connectivity index (χ1) is 4.95. The Morgan fingerprint density at radius 3 is 2.45 bits per heavy atom. The maximum absolute atomic E-state index is 10.9. The molecule has 0 radical (unpaired) electrons. The van der Waals surface area contributed by atoms with Crippen molar-refractivity contribution in [2.45, 2.75) is 32.7 Å². The Labute approximate surface area is 68.9 Å². The predicted molar refractivity (Wildman–Crippen MR) is 47.6 cm³/mol. The first-order valence-electron chi connectivity index (χ1n) is 3.92. The molecule has 0 saturated carbocycles. The molecule has 4 heteroatoms. The van der Waals surface area contributed by atoms with Gasteiger partial charge in [-0.25, -0.2) is 4.79 Å². The van der Waals surface area contributed by atoms with E-state index in [2.05, 4.69) is 5.32 Å². The van der Waals surface area contributed by atoms with Gasteiger partial charge >= 0.3 is 6.09 Å². The lowest BCUT2D eigenvalue weighted by molar-refractivity contribution is 0.0531. The molecule has 11 heavy (non-hydrogen) atoms. The molecule has 0 heterocycles. The van der Waals surface area contributed by atoms with Crippen LogP contribution in [-0.2, 0) is 4.74 Å². The topological polar surface area (TPSA) is 38.3 Å². The fourth-order valence-corrected chi connectivity index (χ4v) is 0.541. The van der Waals surface area contributed by atoms with E-state index in [0.29, 0.717) is 6.54 Å². The Bertz CT molecular complexity index is 131. The summed E-state index contributed by atoms with van der Waals surface area (Å²) in [5.74, 6) is 0. The van der Waals surface area contributed by atoms with E-state index in [0.717, 1.165) is 6.32 Å². The number of ether oxygens (including phenoxy) is 1. The van der Waals surface area contributed by atoms with Gasteiger partial charge in [0, 0.05) is 6.54 Å². The number of rotatable bonds is 2. The number of hydrogen-bond acceptors (Lipinski definition) is 2. The molecular weight excluding hydrogens is 141 g/mol. The molecule has 0 aliphatic carbocycles. The van der Waals surface area contributed by atoms with Crippen molar-refractivity contribution in [2.24, 2.45) is 0 Å². The van der Waals surface area contributed by atoms with Gasteiger partial charge in [0.05, 0.1) is 0 Å². The van der Waals surface area contributed by atoms with Crippen LogP contribution in [-0.4, -0.2) is 26.1 Å². The summed E-state index contributed by atoms with van der Waals surface area (Å²) in [7, 11) is 2.00. The standard InChI is InChI=1S/C7H16BNO2/c1-7(2,3)11-6(10)9-5-4-8/h4-5,8H2,1-3H3,(H,9,10). The lowest BCUT2D eigenvalue weighted by atomic mass is 10.1. The second kappa shape index (κ2) is 4.26. The van der Waals surface area contributed by atoms with Gasteiger partial charge in [-0.05, 0) is 20.8 Å². The van der Waals surface area contributed by atoms with E-state index in [9.17, 15) is 4.79 Å². The van der Waals surface area contributed by atoms with E-state index in [1.54, 1.807) is 0 Å². The number of carbonyl (C=O) groups is 1. The molecule has 0 spiro atoms. The van der Waals surface area contributed by atoms with Gasteiger partial charge in [-0.3, -0.25) is 0 Å². The number of amides is 1. The van der Waals surface area contributed by atoms with Crippen molar-refractivity contribution in [3.05, 3.63) is 0 Å². The Morgan fingerprint density at radius 2 is 2.09 bits per heavy atom. The van der Waals surface area contributed by atoms with Crippen LogP contribution in [0.2, 0.25) is 6.32 Å². The Kier molecular flexibility index (Phi) is 4.00. The molecule has 0 aliphatic rings.